The van der Waals surface area contributed by atoms with Crippen LogP contribution in [0, 0.1) is 11.8 Å². The molecule has 1 N–H and O–H groups in total. The maximum atomic E-state index is 3.42. The quantitative estimate of drug-likeness (QED) is 0.785. The Hall–Kier alpha value is -0.0800. The van der Waals surface area contributed by atoms with Crippen molar-refractivity contribution < 1.29 is 0 Å². The van der Waals surface area contributed by atoms with Crippen molar-refractivity contribution in [2.45, 2.75) is 57.5 Å². The van der Waals surface area contributed by atoms with Crippen LogP contribution in [0.15, 0.2) is 0 Å². The third kappa shape index (κ3) is 2.14. The van der Waals surface area contributed by atoms with Crippen molar-refractivity contribution >= 4 is 0 Å². The average molecular weight is 222 g/mol. The Labute approximate surface area is 99.8 Å². The molecular formula is C14H26N2. The molecule has 0 radical (unpaired) electrons. The van der Waals surface area contributed by atoms with Crippen molar-refractivity contribution in [1.82, 2.24) is 10.2 Å². The van der Waals surface area contributed by atoms with Gasteiger partial charge in [-0.1, -0.05) is 19.8 Å². The lowest BCUT2D eigenvalue weighted by Gasteiger charge is -2.45. The normalized spacial score (nSPS) is 36.4. The Morgan fingerprint density at radius 2 is 1.81 bits per heavy atom. The van der Waals surface area contributed by atoms with Gasteiger partial charge in [-0.05, 0) is 44.1 Å². The molecule has 1 aliphatic heterocycles. The summed E-state index contributed by atoms with van der Waals surface area (Å²) in [4.78, 5) is 2.80. The van der Waals surface area contributed by atoms with E-state index in [0.717, 1.165) is 23.9 Å². The molecule has 2 unspecified atom stereocenters. The Kier molecular flexibility index (Phi) is 3.21. The highest BCUT2D eigenvalue weighted by atomic mass is 15.3. The summed E-state index contributed by atoms with van der Waals surface area (Å²) >= 11 is 0. The number of hydrogen-bond acceptors (Lipinski definition) is 2. The van der Waals surface area contributed by atoms with Crippen molar-refractivity contribution in [3.05, 3.63) is 0 Å². The van der Waals surface area contributed by atoms with Gasteiger partial charge in [-0.2, -0.15) is 0 Å². The minimum atomic E-state index is 0.855. The third-order valence-electron chi connectivity index (χ3n) is 5.04. The lowest BCUT2D eigenvalue weighted by Crippen LogP contribution is -2.60. The van der Waals surface area contributed by atoms with E-state index in [1.54, 1.807) is 0 Å². The number of nitrogens with one attached hydrogen (secondary N) is 1. The highest BCUT2D eigenvalue weighted by Gasteiger charge is 2.38. The van der Waals surface area contributed by atoms with Gasteiger partial charge in [0.2, 0.25) is 0 Å². The van der Waals surface area contributed by atoms with Crippen LogP contribution in [0.1, 0.15) is 45.4 Å². The summed E-state index contributed by atoms with van der Waals surface area (Å²) in [7, 11) is 0. The van der Waals surface area contributed by atoms with E-state index in [-0.39, 0.29) is 0 Å². The molecule has 0 spiro atoms. The van der Waals surface area contributed by atoms with Gasteiger partial charge >= 0.3 is 0 Å². The van der Waals surface area contributed by atoms with Crippen LogP contribution >= 0.6 is 0 Å². The van der Waals surface area contributed by atoms with Crippen molar-refractivity contribution in [2.24, 2.45) is 11.8 Å². The van der Waals surface area contributed by atoms with E-state index in [4.69, 9.17) is 0 Å². The molecule has 3 rings (SSSR count). The first-order valence-electron chi connectivity index (χ1n) is 7.35. The molecule has 1 heterocycles. The molecule has 0 amide bonds. The van der Waals surface area contributed by atoms with Crippen LogP contribution < -0.4 is 5.32 Å². The Morgan fingerprint density at radius 1 is 1.00 bits per heavy atom. The number of hydrogen-bond donors (Lipinski definition) is 1. The van der Waals surface area contributed by atoms with Gasteiger partial charge < -0.3 is 5.32 Å². The van der Waals surface area contributed by atoms with Crippen LogP contribution in [0.3, 0.4) is 0 Å². The first-order valence-corrected chi connectivity index (χ1v) is 7.35. The van der Waals surface area contributed by atoms with E-state index in [1.807, 2.05) is 0 Å². The van der Waals surface area contributed by atoms with Gasteiger partial charge in [0.15, 0.2) is 0 Å². The largest absolute Gasteiger partial charge is 0.314 e. The average Bonchev–Trinajstić information content (AvgIpc) is 3.07. The van der Waals surface area contributed by atoms with Crippen molar-refractivity contribution in [2.75, 3.05) is 19.6 Å². The molecule has 2 atom stereocenters. The molecule has 16 heavy (non-hydrogen) atoms. The number of likely N-dealkylation sites (N-methyl/N-ethyl adjacent to an activating group) is 1. The van der Waals surface area contributed by atoms with Gasteiger partial charge in [0, 0.05) is 25.2 Å². The maximum absolute atomic E-state index is 3.42. The third-order valence-corrected chi connectivity index (χ3v) is 5.04. The minimum absolute atomic E-state index is 0.855. The maximum Gasteiger partial charge on any atom is 0.0348 e. The van der Waals surface area contributed by atoms with Gasteiger partial charge in [0.05, 0.1) is 0 Å². The summed E-state index contributed by atoms with van der Waals surface area (Å²) in [5.74, 6) is 2.21. The summed E-state index contributed by atoms with van der Waals surface area (Å²) in [6.07, 6.45) is 9.07. The highest BCUT2D eigenvalue weighted by Crippen LogP contribution is 2.44. The monoisotopic (exact) mass is 222 g/mol. The molecule has 0 bridgehead atoms. The molecule has 2 aliphatic carbocycles. The standard InChI is InChI=1S/C14H26N2/c1-2-16(14-9-15-10-14)13-5-3-4-12(8-13)11-6-7-11/h11-15H,2-10H2,1H3. The summed E-state index contributed by atoms with van der Waals surface area (Å²) in [6, 6.07) is 1.77. The topological polar surface area (TPSA) is 15.3 Å². The fourth-order valence-corrected chi connectivity index (χ4v) is 3.82. The molecule has 0 aromatic carbocycles. The van der Waals surface area contributed by atoms with E-state index in [2.05, 4.69) is 17.1 Å². The first-order chi connectivity index (χ1) is 7.88. The van der Waals surface area contributed by atoms with Crippen LogP contribution in [0.25, 0.3) is 0 Å². The van der Waals surface area contributed by atoms with E-state index in [9.17, 15) is 0 Å². The van der Waals surface area contributed by atoms with Gasteiger partial charge in [-0.3, -0.25) is 4.90 Å². The molecule has 92 valence electrons. The molecule has 2 nitrogen and oxygen atoms in total. The first kappa shape index (κ1) is 11.0. The summed E-state index contributed by atoms with van der Waals surface area (Å²) in [6.45, 7) is 6.07. The lowest BCUT2D eigenvalue weighted by molar-refractivity contribution is 0.0609. The van der Waals surface area contributed by atoms with Gasteiger partial charge in [-0.15, -0.1) is 0 Å². The molecule has 0 aromatic rings. The molecular weight excluding hydrogens is 196 g/mol. The van der Waals surface area contributed by atoms with Gasteiger partial charge in [0.1, 0.15) is 0 Å². The minimum Gasteiger partial charge on any atom is -0.314 e. The van der Waals surface area contributed by atoms with Crippen LogP contribution in [-0.2, 0) is 0 Å². The number of rotatable bonds is 4. The molecule has 0 aromatic heterocycles. The van der Waals surface area contributed by atoms with Gasteiger partial charge in [0.25, 0.3) is 0 Å². The molecule has 2 heteroatoms. The molecule has 1 saturated heterocycles. The summed E-state index contributed by atoms with van der Waals surface area (Å²) in [5.41, 5.74) is 0. The molecule has 2 saturated carbocycles. The lowest BCUT2D eigenvalue weighted by atomic mass is 9.81. The predicted molar refractivity (Wildman–Crippen MR) is 67.5 cm³/mol. The molecule has 3 fully saturated rings. The predicted octanol–water partition coefficient (Wildman–Crippen LogP) is 2.25. The summed E-state index contributed by atoms with van der Waals surface area (Å²) in [5, 5.41) is 3.42. The zero-order valence-corrected chi connectivity index (χ0v) is 10.6. The Morgan fingerprint density at radius 3 is 2.38 bits per heavy atom. The fourth-order valence-electron chi connectivity index (χ4n) is 3.82. The van der Waals surface area contributed by atoms with Crippen LogP contribution in [0.4, 0.5) is 0 Å². The molecule has 3 aliphatic rings. The van der Waals surface area contributed by atoms with Crippen molar-refractivity contribution in [1.29, 1.82) is 0 Å². The van der Waals surface area contributed by atoms with Crippen LogP contribution in [-0.4, -0.2) is 36.6 Å². The fraction of sp³-hybridized carbons (Fsp3) is 1.00. The van der Waals surface area contributed by atoms with Crippen molar-refractivity contribution in [3.63, 3.8) is 0 Å². The van der Waals surface area contributed by atoms with Gasteiger partial charge in [-0.25, -0.2) is 0 Å². The Bertz CT molecular complexity index is 233. The highest BCUT2D eigenvalue weighted by molar-refractivity contribution is 4.93. The second-order valence-corrected chi connectivity index (χ2v) is 6.06. The van der Waals surface area contributed by atoms with E-state index < -0.39 is 0 Å². The van der Waals surface area contributed by atoms with E-state index >= 15 is 0 Å². The second kappa shape index (κ2) is 4.66. The van der Waals surface area contributed by atoms with E-state index in [1.165, 1.54) is 58.2 Å². The number of nitrogens with zero attached hydrogens (tertiary/aromatic N) is 1. The zero-order chi connectivity index (χ0) is 11.0. The van der Waals surface area contributed by atoms with Crippen LogP contribution in [0.5, 0.6) is 0 Å². The van der Waals surface area contributed by atoms with Crippen molar-refractivity contribution in [3.8, 4) is 0 Å². The zero-order valence-electron chi connectivity index (χ0n) is 10.6. The summed E-state index contributed by atoms with van der Waals surface area (Å²) < 4.78 is 0. The smallest absolute Gasteiger partial charge is 0.0348 e. The van der Waals surface area contributed by atoms with E-state index in [0.29, 0.717) is 0 Å². The Balaban J connectivity index is 1.58. The van der Waals surface area contributed by atoms with Crippen LogP contribution in [0.2, 0.25) is 0 Å². The second-order valence-electron chi connectivity index (χ2n) is 6.06. The SMILES string of the molecule is CCN(C1CNC1)C1CCCC(C2CC2)C1.